The van der Waals surface area contributed by atoms with Crippen molar-refractivity contribution in [3.63, 3.8) is 0 Å². The summed E-state index contributed by atoms with van der Waals surface area (Å²) in [4.78, 5) is 24.6. The van der Waals surface area contributed by atoms with Crippen molar-refractivity contribution in [2.75, 3.05) is 32.7 Å². The third kappa shape index (κ3) is 4.53. The minimum atomic E-state index is -3.59. The lowest BCUT2D eigenvalue weighted by Gasteiger charge is -2.34. The molecule has 1 fully saturated rings. The van der Waals surface area contributed by atoms with Gasteiger partial charge in [0.05, 0.1) is 4.90 Å². The van der Waals surface area contributed by atoms with Crippen LogP contribution in [0.15, 0.2) is 4.90 Å². The van der Waals surface area contributed by atoms with Crippen LogP contribution in [-0.4, -0.2) is 62.3 Å². The molecule has 2 rings (SSSR count). The molecule has 9 heteroatoms. The Balaban J connectivity index is 2.10. The number of urea groups is 1. The van der Waals surface area contributed by atoms with E-state index in [1.54, 1.807) is 0 Å². The molecular weight excluding hydrogens is 380 g/mol. The number of nitrogens with zero attached hydrogens (tertiary/aromatic N) is 2. The second-order valence-corrected chi connectivity index (χ2v) is 9.24. The Bertz CT molecular complexity index is 859. The minimum absolute atomic E-state index is 0.143. The van der Waals surface area contributed by atoms with E-state index in [0.717, 1.165) is 27.8 Å². The zero-order valence-corrected chi connectivity index (χ0v) is 18.1. The van der Waals surface area contributed by atoms with Crippen LogP contribution < -0.4 is 11.1 Å². The minimum Gasteiger partial charge on any atom is -0.351 e. The SMILES string of the molecule is Cc1c(C)c(C)c(S(=O)(=O)N2CCN(CCC(=O)NC(N)=O)CC2)c(C)c1C. The molecule has 1 saturated heterocycles. The summed E-state index contributed by atoms with van der Waals surface area (Å²) in [7, 11) is -3.59. The molecule has 0 aromatic heterocycles. The van der Waals surface area contributed by atoms with Crippen LogP contribution in [0.2, 0.25) is 0 Å². The molecule has 1 heterocycles. The summed E-state index contributed by atoms with van der Waals surface area (Å²) in [5, 5.41) is 2.03. The fraction of sp³-hybridized carbons (Fsp3) is 0.579. The molecule has 0 unspecified atom stereocenters. The molecule has 1 aliphatic heterocycles. The first-order chi connectivity index (χ1) is 13.0. The van der Waals surface area contributed by atoms with Crippen molar-refractivity contribution in [1.29, 1.82) is 0 Å². The maximum Gasteiger partial charge on any atom is 0.318 e. The van der Waals surface area contributed by atoms with Gasteiger partial charge in [-0.1, -0.05) is 0 Å². The number of nitrogens with one attached hydrogen (secondary N) is 1. The van der Waals surface area contributed by atoms with Crippen LogP contribution in [0.3, 0.4) is 0 Å². The summed E-state index contributed by atoms with van der Waals surface area (Å²) in [6, 6.07) is -0.865. The van der Waals surface area contributed by atoms with Crippen molar-refractivity contribution in [1.82, 2.24) is 14.5 Å². The molecule has 3 amide bonds. The molecule has 0 aliphatic carbocycles. The maximum absolute atomic E-state index is 13.3. The van der Waals surface area contributed by atoms with Gasteiger partial charge in [0.25, 0.3) is 0 Å². The summed E-state index contributed by atoms with van der Waals surface area (Å²) in [6.07, 6.45) is 0.143. The third-order valence-electron chi connectivity index (χ3n) is 5.78. The predicted molar refractivity (Wildman–Crippen MR) is 108 cm³/mol. The van der Waals surface area contributed by atoms with Gasteiger partial charge in [0.1, 0.15) is 0 Å². The number of primary amides is 1. The fourth-order valence-corrected chi connectivity index (χ4v) is 5.62. The quantitative estimate of drug-likeness (QED) is 0.755. The number of rotatable bonds is 5. The van der Waals surface area contributed by atoms with Gasteiger partial charge in [-0.05, 0) is 62.4 Å². The monoisotopic (exact) mass is 410 g/mol. The van der Waals surface area contributed by atoms with Crippen LogP contribution in [0.5, 0.6) is 0 Å². The van der Waals surface area contributed by atoms with Gasteiger partial charge in [-0.2, -0.15) is 4.31 Å². The predicted octanol–water partition coefficient (Wildman–Crippen LogP) is 1.12. The summed E-state index contributed by atoms with van der Waals surface area (Å²) < 4.78 is 28.2. The Morgan fingerprint density at radius 1 is 0.893 bits per heavy atom. The Hall–Kier alpha value is -1.97. The van der Waals surface area contributed by atoms with Crippen LogP contribution in [-0.2, 0) is 14.8 Å². The second kappa shape index (κ2) is 8.59. The van der Waals surface area contributed by atoms with Crippen molar-refractivity contribution in [3.8, 4) is 0 Å². The van der Waals surface area contributed by atoms with E-state index >= 15 is 0 Å². The van der Waals surface area contributed by atoms with Crippen molar-refractivity contribution >= 4 is 22.0 Å². The number of amides is 3. The Morgan fingerprint density at radius 2 is 1.36 bits per heavy atom. The van der Waals surface area contributed by atoms with Gasteiger partial charge >= 0.3 is 6.03 Å². The van der Waals surface area contributed by atoms with E-state index in [1.807, 2.05) is 44.8 Å². The second-order valence-electron chi connectivity index (χ2n) is 7.36. The smallest absolute Gasteiger partial charge is 0.318 e. The number of piperazine rings is 1. The van der Waals surface area contributed by atoms with E-state index in [9.17, 15) is 18.0 Å². The molecule has 0 saturated carbocycles. The molecule has 3 N–H and O–H groups in total. The van der Waals surface area contributed by atoms with Gasteiger partial charge in [0.2, 0.25) is 15.9 Å². The number of sulfonamides is 1. The molecule has 156 valence electrons. The summed E-state index contributed by atoms with van der Waals surface area (Å²) in [5.41, 5.74) is 9.70. The van der Waals surface area contributed by atoms with Gasteiger partial charge in [0.15, 0.2) is 0 Å². The summed E-state index contributed by atoms with van der Waals surface area (Å²) in [6.45, 7) is 11.9. The van der Waals surface area contributed by atoms with E-state index in [4.69, 9.17) is 5.73 Å². The van der Waals surface area contributed by atoms with Gasteiger partial charge in [0, 0.05) is 39.1 Å². The molecule has 8 nitrogen and oxygen atoms in total. The highest BCUT2D eigenvalue weighted by atomic mass is 32.2. The normalized spacial score (nSPS) is 16.2. The zero-order chi connectivity index (χ0) is 21.2. The van der Waals surface area contributed by atoms with Crippen molar-refractivity contribution in [3.05, 3.63) is 27.8 Å². The summed E-state index contributed by atoms with van der Waals surface area (Å²) >= 11 is 0. The van der Waals surface area contributed by atoms with Gasteiger partial charge < -0.3 is 10.6 Å². The standard InChI is InChI=1S/C19H30N4O4S/c1-12-13(2)15(4)18(16(5)14(12)3)28(26,27)23-10-8-22(9-11-23)7-6-17(24)21-19(20)25/h6-11H2,1-5H3,(H3,20,21,24,25). The molecule has 28 heavy (non-hydrogen) atoms. The number of hydrogen-bond donors (Lipinski definition) is 2. The van der Waals surface area contributed by atoms with E-state index in [-0.39, 0.29) is 6.42 Å². The molecule has 1 aromatic carbocycles. The summed E-state index contributed by atoms with van der Waals surface area (Å²) in [5.74, 6) is -0.431. The lowest BCUT2D eigenvalue weighted by atomic mass is 9.95. The van der Waals surface area contributed by atoms with E-state index in [1.165, 1.54) is 4.31 Å². The van der Waals surface area contributed by atoms with Crippen LogP contribution >= 0.6 is 0 Å². The number of nitrogens with two attached hydrogens (primary N) is 1. The van der Waals surface area contributed by atoms with Crippen LogP contribution in [0.25, 0.3) is 0 Å². The zero-order valence-electron chi connectivity index (χ0n) is 17.3. The molecule has 0 spiro atoms. The molecule has 1 aliphatic rings. The number of imide groups is 1. The first-order valence-corrected chi connectivity index (χ1v) is 10.8. The average Bonchev–Trinajstić information content (AvgIpc) is 2.63. The molecule has 0 bridgehead atoms. The van der Waals surface area contributed by atoms with E-state index in [0.29, 0.717) is 37.6 Å². The largest absolute Gasteiger partial charge is 0.351 e. The van der Waals surface area contributed by atoms with Gasteiger partial charge in [-0.25, -0.2) is 13.2 Å². The number of carbonyl (C=O) groups is 2. The first kappa shape index (κ1) is 22.3. The lowest BCUT2D eigenvalue weighted by Crippen LogP contribution is -2.49. The fourth-order valence-electron chi connectivity index (χ4n) is 3.63. The van der Waals surface area contributed by atoms with Crippen LogP contribution in [0.1, 0.15) is 34.2 Å². The lowest BCUT2D eigenvalue weighted by molar-refractivity contribution is -0.120. The van der Waals surface area contributed by atoms with E-state index < -0.39 is 22.0 Å². The number of carbonyl (C=O) groups excluding carboxylic acids is 2. The highest BCUT2D eigenvalue weighted by Gasteiger charge is 2.32. The number of hydrogen-bond acceptors (Lipinski definition) is 5. The first-order valence-electron chi connectivity index (χ1n) is 9.35. The molecule has 0 atom stereocenters. The maximum atomic E-state index is 13.3. The average molecular weight is 411 g/mol. The van der Waals surface area contributed by atoms with Crippen LogP contribution in [0.4, 0.5) is 4.79 Å². The number of benzene rings is 1. The highest BCUT2D eigenvalue weighted by molar-refractivity contribution is 7.89. The van der Waals surface area contributed by atoms with Gasteiger partial charge in [-0.3, -0.25) is 10.1 Å². The Morgan fingerprint density at radius 3 is 1.82 bits per heavy atom. The van der Waals surface area contributed by atoms with Crippen LogP contribution in [0, 0.1) is 34.6 Å². The molecule has 0 radical (unpaired) electrons. The third-order valence-corrected chi connectivity index (χ3v) is 7.95. The molecule has 1 aromatic rings. The van der Waals surface area contributed by atoms with Crippen molar-refractivity contribution in [2.24, 2.45) is 5.73 Å². The molecular formula is C19H30N4O4S. The van der Waals surface area contributed by atoms with Crippen molar-refractivity contribution in [2.45, 2.75) is 45.9 Å². The topological polar surface area (TPSA) is 113 Å². The van der Waals surface area contributed by atoms with Gasteiger partial charge in [-0.15, -0.1) is 0 Å². The van der Waals surface area contributed by atoms with Crippen molar-refractivity contribution < 1.29 is 18.0 Å². The highest BCUT2D eigenvalue weighted by Crippen LogP contribution is 2.31. The van der Waals surface area contributed by atoms with E-state index in [2.05, 4.69) is 0 Å². The Labute approximate surface area is 167 Å². The Kier molecular flexibility index (Phi) is 6.84.